The molecule has 0 spiro atoms. The third-order valence-corrected chi connectivity index (χ3v) is 7.58. The van der Waals surface area contributed by atoms with E-state index >= 15 is 0 Å². The van der Waals surface area contributed by atoms with Gasteiger partial charge in [-0.05, 0) is 46.1 Å². The summed E-state index contributed by atoms with van der Waals surface area (Å²) in [6.07, 6.45) is 0.729. The van der Waals surface area contributed by atoms with Crippen molar-refractivity contribution in [3.63, 3.8) is 0 Å². The summed E-state index contributed by atoms with van der Waals surface area (Å²) >= 11 is 2.63. The van der Waals surface area contributed by atoms with E-state index in [0.717, 1.165) is 4.88 Å². The number of β-lactam (4-membered cyclic amide) rings is 1. The number of hydrogen-bond donors (Lipinski definition) is 2. The molecular weight excluding hydrogens is 494 g/mol. The minimum atomic E-state index is -0.843. The van der Waals surface area contributed by atoms with Crippen LogP contribution in [0, 0.1) is 5.92 Å². The summed E-state index contributed by atoms with van der Waals surface area (Å²) in [5.74, 6) is -1.71. The van der Waals surface area contributed by atoms with Gasteiger partial charge in [-0.15, -0.1) is 11.3 Å². The summed E-state index contributed by atoms with van der Waals surface area (Å²) in [4.78, 5) is 46.4. The van der Waals surface area contributed by atoms with Gasteiger partial charge in [-0.2, -0.15) is 0 Å². The van der Waals surface area contributed by atoms with Gasteiger partial charge in [0, 0.05) is 23.4 Å². The molecule has 12 heteroatoms. The zero-order valence-corrected chi connectivity index (χ0v) is 22.0. The van der Waals surface area contributed by atoms with E-state index in [9.17, 15) is 24.6 Å². The van der Waals surface area contributed by atoms with Crippen LogP contribution in [0.5, 0.6) is 0 Å². The van der Waals surface area contributed by atoms with Crippen molar-refractivity contribution in [1.82, 2.24) is 14.8 Å². The first-order valence-corrected chi connectivity index (χ1v) is 13.1. The first-order chi connectivity index (χ1) is 16.6. The van der Waals surface area contributed by atoms with E-state index in [1.54, 1.807) is 23.9 Å². The standard InChI is InChI=1S/C23H31N3O7S2/c1-12(2)25(13(3)4)23(31)33-11-32-22(30)20-18(8-16-19(14(5)28)21(29)26(16)20)34-7-6-17-15(9-27)24-10-35-17/h6-7,10,12-14,16,19,27-28H,8-9,11H2,1-5H3/b7-6-/t14-,16-,19-/m1/s1. The molecule has 3 rings (SSSR count). The highest BCUT2D eigenvalue weighted by atomic mass is 32.2. The van der Waals surface area contributed by atoms with Gasteiger partial charge in [0.05, 0.1) is 40.8 Å². The highest BCUT2D eigenvalue weighted by Gasteiger charge is 2.57. The fraction of sp³-hybridized carbons (Fsp3) is 0.565. The first kappa shape index (κ1) is 27.2. The number of rotatable bonds is 10. The number of thioether (sulfide) groups is 1. The number of esters is 1. The lowest BCUT2D eigenvalue weighted by Crippen LogP contribution is -2.61. The maximum atomic E-state index is 13.0. The number of thiazole rings is 1. The molecule has 2 amide bonds. The summed E-state index contributed by atoms with van der Waals surface area (Å²) in [7, 11) is 0. The quantitative estimate of drug-likeness (QED) is 0.269. The second-order valence-corrected chi connectivity index (χ2v) is 10.7. The van der Waals surface area contributed by atoms with Gasteiger partial charge in [-0.3, -0.25) is 4.79 Å². The number of hydrogen-bond acceptors (Lipinski definition) is 10. The molecule has 2 aliphatic heterocycles. The van der Waals surface area contributed by atoms with E-state index in [1.807, 2.05) is 27.7 Å². The van der Waals surface area contributed by atoms with Gasteiger partial charge in [-0.25, -0.2) is 14.6 Å². The molecule has 1 saturated heterocycles. The summed E-state index contributed by atoms with van der Waals surface area (Å²) in [5, 5.41) is 21.1. The van der Waals surface area contributed by atoms with Crippen LogP contribution in [0.4, 0.5) is 4.79 Å². The molecule has 0 unspecified atom stereocenters. The van der Waals surface area contributed by atoms with Crippen LogP contribution in [-0.2, 0) is 25.7 Å². The Morgan fingerprint density at radius 1 is 1.29 bits per heavy atom. The van der Waals surface area contributed by atoms with Crippen LogP contribution < -0.4 is 0 Å². The zero-order chi connectivity index (χ0) is 25.9. The summed E-state index contributed by atoms with van der Waals surface area (Å²) in [6, 6.07) is -0.517. The third kappa shape index (κ3) is 5.71. The molecule has 1 aromatic rings. The number of amides is 2. The van der Waals surface area contributed by atoms with Crippen molar-refractivity contribution in [2.75, 3.05) is 6.79 Å². The minimum absolute atomic E-state index is 0.0905. The molecule has 1 aromatic heterocycles. The molecule has 0 radical (unpaired) electrons. The van der Waals surface area contributed by atoms with E-state index in [2.05, 4.69) is 4.98 Å². The van der Waals surface area contributed by atoms with Crippen LogP contribution in [0.3, 0.4) is 0 Å². The molecule has 0 saturated carbocycles. The van der Waals surface area contributed by atoms with Crippen molar-refractivity contribution in [1.29, 1.82) is 0 Å². The van der Waals surface area contributed by atoms with Crippen molar-refractivity contribution in [2.24, 2.45) is 5.92 Å². The topological polar surface area (TPSA) is 130 Å². The van der Waals surface area contributed by atoms with Crippen molar-refractivity contribution in [3.05, 3.63) is 32.1 Å². The van der Waals surface area contributed by atoms with E-state index in [0.29, 0.717) is 17.0 Å². The average molecular weight is 526 g/mol. The Hall–Kier alpha value is -2.41. The second kappa shape index (κ2) is 11.5. The van der Waals surface area contributed by atoms with Gasteiger partial charge in [0.15, 0.2) is 0 Å². The van der Waals surface area contributed by atoms with Crippen molar-refractivity contribution in [2.45, 2.75) is 71.9 Å². The van der Waals surface area contributed by atoms with Gasteiger partial charge in [0.2, 0.25) is 12.7 Å². The lowest BCUT2D eigenvalue weighted by atomic mass is 9.83. The van der Waals surface area contributed by atoms with Crippen molar-refractivity contribution >= 4 is 47.1 Å². The van der Waals surface area contributed by atoms with Gasteiger partial charge < -0.3 is 29.5 Å². The van der Waals surface area contributed by atoms with E-state index in [-0.39, 0.29) is 36.3 Å². The van der Waals surface area contributed by atoms with Crippen molar-refractivity contribution in [3.8, 4) is 0 Å². The summed E-state index contributed by atoms with van der Waals surface area (Å²) < 4.78 is 10.4. The van der Waals surface area contributed by atoms with Crippen LogP contribution in [0.15, 0.2) is 21.5 Å². The SMILES string of the molecule is CC(C)N(C(=O)OCOC(=O)C1=C(S/C=C\c2scnc2CO)C[C@@H]2[C@@H]([C@@H](C)O)C(=O)N12)C(C)C. The normalized spacial score (nSPS) is 20.5. The Labute approximate surface area is 212 Å². The Morgan fingerprint density at radius 3 is 2.57 bits per heavy atom. The van der Waals surface area contributed by atoms with Crippen molar-refractivity contribution < 1.29 is 34.1 Å². The lowest BCUT2D eigenvalue weighted by molar-refractivity contribution is -0.165. The molecule has 0 aliphatic carbocycles. The van der Waals surface area contributed by atoms with Crippen LogP contribution in [0.2, 0.25) is 0 Å². The Bertz CT molecular complexity index is 1010. The molecular formula is C23H31N3O7S2. The maximum absolute atomic E-state index is 13.0. The summed E-state index contributed by atoms with van der Waals surface area (Å²) in [6.45, 7) is 8.22. The van der Waals surface area contributed by atoms with E-state index in [1.165, 1.54) is 32.9 Å². The highest BCUT2D eigenvalue weighted by Crippen LogP contribution is 2.47. The fourth-order valence-electron chi connectivity index (χ4n) is 4.33. The van der Waals surface area contributed by atoms with E-state index in [4.69, 9.17) is 9.47 Å². The molecule has 0 aromatic carbocycles. The fourth-order valence-corrected chi connectivity index (χ4v) is 6.04. The van der Waals surface area contributed by atoms with Gasteiger partial charge in [0.1, 0.15) is 5.70 Å². The molecule has 10 nitrogen and oxygen atoms in total. The van der Waals surface area contributed by atoms with Crippen LogP contribution in [0.25, 0.3) is 6.08 Å². The smallest absolute Gasteiger partial charge is 0.413 e. The predicted octanol–water partition coefficient (Wildman–Crippen LogP) is 2.92. The molecule has 3 atom stereocenters. The molecule has 0 bridgehead atoms. The van der Waals surface area contributed by atoms with Gasteiger partial charge >= 0.3 is 12.1 Å². The van der Waals surface area contributed by atoms with Gasteiger partial charge in [0.25, 0.3) is 0 Å². The average Bonchev–Trinajstić information content (AvgIpc) is 3.35. The number of aliphatic hydroxyl groups excluding tert-OH is 2. The molecule has 3 heterocycles. The number of carbonyl (C=O) groups excluding carboxylic acids is 3. The first-order valence-electron chi connectivity index (χ1n) is 11.3. The Kier molecular flexibility index (Phi) is 8.97. The number of aromatic nitrogens is 1. The largest absolute Gasteiger partial charge is 0.423 e. The van der Waals surface area contributed by atoms with Crippen LogP contribution in [0.1, 0.15) is 51.6 Å². The second-order valence-electron chi connectivity index (χ2n) is 8.81. The highest BCUT2D eigenvalue weighted by molar-refractivity contribution is 8.06. The Balaban J connectivity index is 1.72. The van der Waals surface area contributed by atoms with Gasteiger partial charge in [-0.1, -0.05) is 11.8 Å². The lowest BCUT2D eigenvalue weighted by Gasteiger charge is -2.44. The number of aliphatic hydroxyl groups is 2. The Morgan fingerprint density at radius 2 is 1.97 bits per heavy atom. The number of fused-ring (bicyclic) bond motifs is 1. The molecule has 192 valence electrons. The zero-order valence-electron chi connectivity index (χ0n) is 20.3. The minimum Gasteiger partial charge on any atom is -0.423 e. The molecule has 35 heavy (non-hydrogen) atoms. The maximum Gasteiger partial charge on any atom is 0.413 e. The molecule has 2 aliphatic rings. The summed E-state index contributed by atoms with van der Waals surface area (Å²) in [5.41, 5.74) is 2.28. The molecule has 1 fully saturated rings. The van der Waals surface area contributed by atoms with Crippen LogP contribution >= 0.6 is 23.1 Å². The third-order valence-electron chi connectivity index (χ3n) is 5.83. The number of ether oxygens (including phenoxy) is 2. The van der Waals surface area contributed by atoms with E-state index < -0.39 is 30.9 Å². The number of nitrogens with zero attached hydrogens (tertiary/aromatic N) is 3. The predicted molar refractivity (Wildman–Crippen MR) is 132 cm³/mol. The molecule has 2 N–H and O–H groups in total. The number of carbonyl (C=O) groups is 3. The van der Waals surface area contributed by atoms with Crippen LogP contribution in [-0.4, -0.2) is 74.0 Å². The monoisotopic (exact) mass is 525 g/mol.